The standard InChI is InChI=1S/C23H25NO4S/c1-4-27-19-9-7-18(8-10-19)13-23(26)28-15-22(25)21-12-16(2)24(17(21)3)14-20-6-5-11-29-20/h5-12H,4,13-15H2,1-3H3. The van der Waals surface area contributed by atoms with Crippen molar-refractivity contribution < 1.29 is 19.1 Å². The fraction of sp³-hybridized carbons (Fsp3) is 0.304. The van der Waals surface area contributed by atoms with Crippen molar-refractivity contribution in [2.75, 3.05) is 13.2 Å². The van der Waals surface area contributed by atoms with Gasteiger partial charge in [0.15, 0.2) is 6.61 Å². The minimum Gasteiger partial charge on any atom is -0.494 e. The van der Waals surface area contributed by atoms with Gasteiger partial charge in [0.25, 0.3) is 0 Å². The highest BCUT2D eigenvalue weighted by Gasteiger charge is 2.18. The van der Waals surface area contributed by atoms with Gasteiger partial charge in [0.2, 0.25) is 5.78 Å². The lowest BCUT2D eigenvalue weighted by Gasteiger charge is -2.09. The number of aromatic nitrogens is 1. The van der Waals surface area contributed by atoms with Crippen molar-refractivity contribution in [3.63, 3.8) is 0 Å². The molecular weight excluding hydrogens is 386 g/mol. The quantitative estimate of drug-likeness (QED) is 0.382. The van der Waals surface area contributed by atoms with Gasteiger partial charge in [0.1, 0.15) is 5.75 Å². The van der Waals surface area contributed by atoms with E-state index in [1.165, 1.54) is 4.88 Å². The Morgan fingerprint density at radius 2 is 1.86 bits per heavy atom. The summed E-state index contributed by atoms with van der Waals surface area (Å²) < 4.78 is 12.7. The first-order valence-electron chi connectivity index (χ1n) is 9.57. The number of carbonyl (C=O) groups is 2. The monoisotopic (exact) mass is 411 g/mol. The smallest absolute Gasteiger partial charge is 0.310 e. The molecule has 3 aromatic rings. The Hall–Kier alpha value is -2.86. The third kappa shape index (κ3) is 5.35. The van der Waals surface area contributed by atoms with E-state index in [1.54, 1.807) is 11.3 Å². The largest absolute Gasteiger partial charge is 0.494 e. The molecule has 6 heteroatoms. The lowest BCUT2D eigenvalue weighted by atomic mass is 10.1. The Morgan fingerprint density at radius 1 is 1.10 bits per heavy atom. The number of hydrogen-bond donors (Lipinski definition) is 0. The van der Waals surface area contributed by atoms with Crippen LogP contribution in [0.25, 0.3) is 0 Å². The van der Waals surface area contributed by atoms with E-state index >= 15 is 0 Å². The fourth-order valence-corrected chi connectivity index (χ4v) is 3.89. The highest BCUT2D eigenvalue weighted by atomic mass is 32.1. The second-order valence-electron chi connectivity index (χ2n) is 6.79. The van der Waals surface area contributed by atoms with Crippen molar-refractivity contribution in [3.8, 4) is 5.75 Å². The summed E-state index contributed by atoms with van der Waals surface area (Å²) in [6.07, 6.45) is 0.122. The number of rotatable bonds is 9. The summed E-state index contributed by atoms with van der Waals surface area (Å²) in [4.78, 5) is 25.9. The van der Waals surface area contributed by atoms with Crippen LogP contribution in [-0.2, 0) is 22.5 Å². The zero-order valence-electron chi connectivity index (χ0n) is 16.9. The van der Waals surface area contributed by atoms with Crippen LogP contribution in [0.5, 0.6) is 5.75 Å². The topological polar surface area (TPSA) is 57.5 Å². The van der Waals surface area contributed by atoms with Gasteiger partial charge in [-0.15, -0.1) is 11.3 Å². The molecule has 0 amide bonds. The number of ketones is 1. The normalized spacial score (nSPS) is 10.7. The minimum atomic E-state index is -0.421. The van der Waals surface area contributed by atoms with Gasteiger partial charge in [0, 0.05) is 21.8 Å². The molecule has 0 saturated heterocycles. The lowest BCUT2D eigenvalue weighted by Crippen LogP contribution is -2.16. The Bertz CT molecular complexity index is 971. The molecule has 0 aliphatic heterocycles. The number of benzene rings is 1. The van der Waals surface area contributed by atoms with Gasteiger partial charge in [-0.1, -0.05) is 18.2 Å². The van der Waals surface area contributed by atoms with Gasteiger partial charge in [0.05, 0.1) is 19.6 Å². The second kappa shape index (κ2) is 9.56. The van der Waals surface area contributed by atoms with Crippen molar-refractivity contribution in [1.29, 1.82) is 0 Å². The van der Waals surface area contributed by atoms with Crippen molar-refractivity contribution in [2.24, 2.45) is 0 Å². The molecule has 0 bridgehead atoms. The molecular formula is C23H25NO4S. The summed E-state index contributed by atoms with van der Waals surface area (Å²) in [5.74, 6) is 0.156. The molecule has 0 unspecified atom stereocenters. The molecule has 0 aliphatic rings. The first-order chi connectivity index (χ1) is 14.0. The van der Waals surface area contributed by atoms with E-state index in [0.717, 1.165) is 29.2 Å². The second-order valence-corrected chi connectivity index (χ2v) is 7.82. The van der Waals surface area contributed by atoms with Crippen LogP contribution in [0.3, 0.4) is 0 Å². The van der Waals surface area contributed by atoms with Crippen molar-refractivity contribution in [2.45, 2.75) is 33.7 Å². The summed E-state index contributed by atoms with van der Waals surface area (Å²) >= 11 is 1.69. The molecule has 152 valence electrons. The number of ether oxygens (including phenoxy) is 2. The Balaban J connectivity index is 1.57. The summed E-state index contributed by atoms with van der Waals surface area (Å²) in [7, 11) is 0. The van der Waals surface area contributed by atoms with Crippen LogP contribution in [0.1, 0.15) is 39.1 Å². The Kier molecular flexibility index (Phi) is 6.88. The minimum absolute atomic E-state index is 0.122. The van der Waals surface area contributed by atoms with Gasteiger partial charge < -0.3 is 14.0 Å². The third-order valence-corrected chi connectivity index (χ3v) is 5.58. The van der Waals surface area contributed by atoms with Crippen LogP contribution in [-0.4, -0.2) is 29.5 Å². The molecule has 0 N–H and O–H groups in total. The van der Waals surface area contributed by atoms with Crippen LogP contribution in [0.2, 0.25) is 0 Å². The maximum atomic E-state index is 12.6. The van der Waals surface area contributed by atoms with E-state index in [2.05, 4.69) is 10.6 Å². The number of hydrogen-bond acceptors (Lipinski definition) is 5. The van der Waals surface area contributed by atoms with Crippen LogP contribution in [0.15, 0.2) is 47.8 Å². The number of Topliss-reactive ketones (excluding diaryl/α,β-unsaturated/α-hetero) is 1. The molecule has 0 radical (unpaired) electrons. The van der Waals surface area contributed by atoms with Crippen LogP contribution in [0, 0.1) is 13.8 Å². The van der Waals surface area contributed by atoms with E-state index < -0.39 is 5.97 Å². The van der Waals surface area contributed by atoms with Gasteiger partial charge >= 0.3 is 5.97 Å². The molecule has 29 heavy (non-hydrogen) atoms. The number of carbonyl (C=O) groups excluding carboxylic acids is 2. The first kappa shape index (κ1) is 20.9. The van der Waals surface area contributed by atoms with Crippen molar-refractivity contribution >= 4 is 23.1 Å². The van der Waals surface area contributed by atoms with Crippen LogP contribution in [0.4, 0.5) is 0 Å². The molecule has 5 nitrogen and oxygen atoms in total. The summed E-state index contributed by atoms with van der Waals surface area (Å²) in [6, 6.07) is 13.3. The lowest BCUT2D eigenvalue weighted by molar-refractivity contribution is -0.141. The number of thiophene rings is 1. The molecule has 2 aromatic heterocycles. The van der Waals surface area contributed by atoms with E-state index in [9.17, 15) is 9.59 Å². The number of nitrogens with zero attached hydrogens (tertiary/aromatic N) is 1. The molecule has 0 atom stereocenters. The third-order valence-electron chi connectivity index (χ3n) is 4.72. The summed E-state index contributed by atoms with van der Waals surface area (Å²) in [5.41, 5.74) is 3.33. The van der Waals surface area contributed by atoms with Gasteiger partial charge in [-0.3, -0.25) is 9.59 Å². The average Bonchev–Trinajstić information content (AvgIpc) is 3.32. The molecule has 0 fully saturated rings. The highest BCUT2D eigenvalue weighted by Crippen LogP contribution is 2.20. The molecule has 0 aliphatic carbocycles. The first-order valence-corrected chi connectivity index (χ1v) is 10.5. The number of aryl methyl sites for hydroxylation is 1. The highest BCUT2D eigenvalue weighted by molar-refractivity contribution is 7.09. The van der Waals surface area contributed by atoms with Gasteiger partial charge in [-0.05, 0) is 56.0 Å². The van der Waals surface area contributed by atoms with E-state index in [0.29, 0.717) is 12.2 Å². The van der Waals surface area contributed by atoms with Crippen molar-refractivity contribution in [1.82, 2.24) is 4.57 Å². The van der Waals surface area contributed by atoms with E-state index in [1.807, 2.05) is 62.5 Å². The van der Waals surface area contributed by atoms with Crippen molar-refractivity contribution in [3.05, 3.63) is 75.2 Å². The molecule has 2 heterocycles. The van der Waals surface area contributed by atoms with Gasteiger partial charge in [-0.2, -0.15) is 0 Å². The Morgan fingerprint density at radius 3 is 2.52 bits per heavy atom. The van der Waals surface area contributed by atoms with E-state index in [4.69, 9.17) is 9.47 Å². The zero-order chi connectivity index (χ0) is 20.8. The van der Waals surface area contributed by atoms with E-state index in [-0.39, 0.29) is 18.8 Å². The number of esters is 1. The average molecular weight is 412 g/mol. The summed E-state index contributed by atoms with van der Waals surface area (Å²) in [6.45, 7) is 6.91. The molecule has 0 saturated carbocycles. The maximum absolute atomic E-state index is 12.6. The van der Waals surface area contributed by atoms with Crippen LogP contribution >= 0.6 is 11.3 Å². The maximum Gasteiger partial charge on any atom is 0.310 e. The molecule has 3 rings (SSSR count). The zero-order valence-corrected chi connectivity index (χ0v) is 17.8. The summed E-state index contributed by atoms with van der Waals surface area (Å²) in [5, 5.41) is 2.04. The fourth-order valence-electron chi connectivity index (χ4n) is 3.20. The predicted octanol–water partition coefficient (Wildman–Crippen LogP) is 4.58. The van der Waals surface area contributed by atoms with Crippen LogP contribution < -0.4 is 4.74 Å². The molecule has 1 aromatic carbocycles. The molecule has 0 spiro atoms. The SMILES string of the molecule is CCOc1ccc(CC(=O)OCC(=O)c2cc(C)n(Cc3cccs3)c2C)cc1. The van der Waals surface area contributed by atoms with Gasteiger partial charge in [-0.25, -0.2) is 0 Å². The Labute approximate surface area is 174 Å². The predicted molar refractivity (Wildman–Crippen MR) is 114 cm³/mol.